The highest BCUT2D eigenvalue weighted by Crippen LogP contribution is 2.30. The molecule has 148 valence electrons. The molecule has 1 amide bonds. The summed E-state index contributed by atoms with van der Waals surface area (Å²) in [6, 6.07) is 18.0. The van der Waals surface area contributed by atoms with Gasteiger partial charge in [0.2, 0.25) is 0 Å². The number of carbonyl (C=O) groups excluding carboxylic acids is 1. The number of nitrogens with zero attached hydrogens (tertiary/aromatic N) is 2. The molecule has 2 aromatic heterocycles. The number of hydrogen-bond donors (Lipinski definition) is 1. The summed E-state index contributed by atoms with van der Waals surface area (Å²) in [5, 5.41) is 3.01. The number of amides is 1. The van der Waals surface area contributed by atoms with E-state index in [1.807, 2.05) is 60.8 Å². The largest absolute Gasteiger partial charge is 0.322 e. The van der Waals surface area contributed by atoms with Crippen molar-refractivity contribution in [1.29, 1.82) is 0 Å². The quantitative estimate of drug-likeness (QED) is 0.380. The first-order valence-electron chi connectivity index (χ1n) is 9.54. The van der Waals surface area contributed by atoms with Crippen LogP contribution in [0.4, 0.5) is 10.1 Å². The van der Waals surface area contributed by atoms with Crippen LogP contribution in [-0.4, -0.2) is 15.3 Å². The normalized spacial score (nSPS) is 11.3. The molecule has 30 heavy (non-hydrogen) atoms. The number of carbonyl (C=O) groups is 1. The minimum absolute atomic E-state index is 0.136. The maximum absolute atomic E-state index is 13.2. The highest BCUT2D eigenvalue weighted by atomic mass is 32.1. The molecule has 0 bridgehead atoms. The Morgan fingerprint density at radius 2 is 1.83 bits per heavy atom. The van der Waals surface area contributed by atoms with Crippen molar-refractivity contribution in [2.24, 2.45) is 0 Å². The number of aromatic nitrogens is 2. The number of rotatable bonds is 3. The fourth-order valence-corrected chi connectivity index (χ4v) is 4.51. The van der Waals surface area contributed by atoms with Crippen LogP contribution in [0.25, 0.3) is 26.4 Å². The van der Waals surface area contributed by atoms with E-state index >= 15 is 0 Å². The molecule has 3 aromatic carbocycles. The monoisotopic (exact) mass is 415 g/mol. The molecule has 0 unspecified atom stereocenters. The third-order valence-corrected chi connectivity index (χ3v) is 6.16. The highest BCUT2D eigenvalue weighted by Gasteiger charge is 2.14. The predicted octanol–water partition coefficient (Wildman–Crippen LogP) is 6.22. The Morgan fingerprint density at radius 1 is 1.03 bits per heavy atom. The van der Waals surface area contributed by atoms with Crippen LogP contribution < -0.4 is 5.32 Å². The lowest BCUT2D eigenvalue weighted by Crippen LogP contribution is -2.12. The first kappa shape index (κ1) is 18.5. The molecule has 0 saturated heterocycles. The van der Waals surface area contributed by atoms with Gasteiger partial charge in [-0.25, -0.2) is 9.37 Å². The average molecular weight is 415 g/mol. The Labute approximate surface area is 176 Å². The summed E-state index contributed by atoms with van der Waals surface area (Å²) >= 11 is 1.52. The first-order valence-corrected chi connectivity index (χ1v) is 10.4. The summed E-state index contributed by atoms with van der Waals surface area (Å²) in [4.78, 5) is 18.3. The highest BCUT2D eigenvalue weighted by molar-refractivity contribution is 7.23. The minimum Gasteiger partial charge on any atom is -0.322 e. The van der Waals surface area contributed by atoms with Gasteiger partial charge >= 0.3 is 0 Å². The lowest BCUT2D eigenvalue weighted by molar-refractivity contribution is 0.102. The number of aryl methyl sites for hydroxylation is 2. The number of imidazole rings is 1. The molecule has 6 heteroatoms. The maximum Gasteiger partial charge on any atom is 0.255 e. The molecule has 0 aliphatic rings. The third kappa shape index (κ3) is 3.25. The van der Waals surface area contributed by atoms with E-state index in [9.17, 15) is 9.18 Å². The SMILES string of the molecule is Cc1ccc(C)c(NC(=O)c2ccc3c(c2)sc2nc(-c4ccc(F)cc4)cn23)c1. The van der Waals surface area contributed by atoms with E-state index in [2.05, 4.69) is 10.3 Å². The van der Waals surface area contributed by atoms with Gasteiger partial charge in [0.05, 0.1) is 15.9 Å². The van der Waals surface area contributed by atoms with Crippen LogP contribution in [0, 0.1) is 19.7 Å². The van der Waals surface area contributed by atoms with Gasteiger partial charge in [-0.15, -0.1) is 0 Å². The van der Waals surface area contributed by atoms with Gasteiger partial charge in [-0.2, -0.15) is 0 Å². The molecule has 0 spiro atoms. The van der Waals surface area contributed by atoms with Crippen molar-refractivity contribution in [3.05, 3.63) is 89.4 Å². The van der Waals surface area contributed by atoms with Gasteiger partial charge in [-0.05, 0) is 73.5 Å². The van der Waals surface area contributed by atoms with E-state index in [4.69, 9.17) is 0 Å². The van der Waals surface area contributed by atoms with Gasteiger partial charge in [0.25, 0.3) is 5.91 Å². The molecule has 0 aliphatic heterocycles. The van der Waals surface area contributed by atoms with Crippen LogP contribution in [0.1, 0.15) is 21.5 Å². The minimum atomic E-state index is -0.267. The molecular formula is C24H18FN3OS. The zero-order valence-corrected chi connectivity index (χ0v) is 17.3. The Kier molecular flexibility index (Phi) is 4.37. The summed E-state index contributed by atoms with van der Waals surface area (Å²) in [6.07, 6.45) is 1.94. The van der Waals surface area contributed by atoms with Crippen molar-refractivity contribution in [3.63, 3.8) is 0 Å². The van der Waals surface area contributed by atoms with Crippen LogP contribution in [0.3, 0.4) is 0 Å². The number of fused-ring (bicyclic) bond motifs is 3. The summed E-state index contributed by atoms with van der Waals surface area (Å²) < 4.78 is 16.2. The molecule has 1 N–H and O–H groups in total. The molecule has 4 nitrogen and oxygen atoms in total. The Hall–Kier alpha value is -3.51. The fraction of sp³-hybridized carbons (Fsp3) is 0.0833. The van der Waals surface area contributed by atoms with E-state index in [1.165, 1.54) is 23.5 Å². The molecule has 0 aliphatic carbocycles. The van der Waals surface area contributed by atoms with Crippen molar-refractivity contribution < 1.29 is 9.18 Å². The van der Waals surface area contributed by atoms with Crippen LogP contribution >= 0.6 is 11.3 Å². The van der Waals surface area contributed by atoms with Crippen LogP contribution in [0.5, 0.6) is 0 Å². The molecule has 0 radical (unpaired) electrons. The zero-order valence-electron chi connectivity index (χ0n) is 16.4. The number of hydrogen-bond acceptors (Lipinski definition) is 3. The topological polar surface area (TPSA) is 46.4 Å². The molecule has 0 saturated carbocycles. The van der Waals surface area contributed by atoms with Crippen molar-refractivity contribution in [2.45, 2.75) is 13.8 Å². The van der Waals surface area contributed by atoms with Gasteiger partial charge in [-0.1, -0.05) is 23.5 Å². The van der Waals surface area contributed by atoms with E-state index < -0.39 is 0 Å². The lowest BCUT2D eigenvalue weighted by atomic mass is 10.1. The second kappa shape index (κ2) is 7.07. The third-order valence-electron chi connectivity index (χ3n) is 5.14. The number of thiazole rings is 1. The number of benzene rings is 3. The maximum atomic E-state index is 13.2. The second-order valence-electron chi connectivity index (χ2n) is 7.34. The second-order valence-corrected chi connectivity index (χ2v) is 8.35. The van der Waals surface area contributed by atoms with Gasteiger partial charge in [0, 0.05) is 23.0 Å². The van der Waals surface area contributed by atoms with Crippen molar-refractivity contribution in [2.75, 3.05) is 5.32 Å². The Morgan fingerprint density at radius 3 is 2.63 bits per heavy atom. The zero-order chi connectivity index (χ0) is 20.8. The Bertz CT molecular complexity index is 1420. The Balaban J connectivity index is 1.48. The summed E-state index contributed by atoms with van der Waals surface area (Å²) in [5.74, 6) is -0.402. The summed E-state index contributed by atoms with van der Waals surface area (Å²) in [5.41, 5.74) is 6.20. The van der Waals surface area contributed by atoms with Gasteiger partial charge in [0.15, 0.2) is 4.96 Å². The van der Waals surface area contributed by atoms with Gasteiger partial charge < -0.3 is 5.32 Å². The molecule has 0 fully saturated rings. The number of halogens is 1. The lowest BCUT2D eigenvalue weighted by Gasteiger charge is -2.09. The van der Waals surface area contributed by atoms with E-state index in [0.29, 0.717) is 5.56 Å². The molecule has 0 atom stereocenters. The van der Waals surface area contributed by atoms with Crippen molar-refractivity contribution in [3.8, 4) is 11.3 Å². The van der Waals surface area contributed by atoms with Crippen LogP contribution in [0.15, 0.2) is 66.9 Å². The molecule has 5 aromatic rings. The number of nitrogens with one attached hydrogen (secondary N) is 1. The average Bonchev–Trinajstić information content (AvgIpc) is 3.28. The molecular weight excluding hydrogens is 397 g/mol. The van der Waals surface area contributed by atoms with Gasteiger partial charge in [-0.3, -0.25) is 9.20 Å². The predicted molar refractivity (Wildman–Crippen MR) is 120 cm³/mol. The first-order chi connectivity index (χ1) is 14.5. The molecule has 5 rings (SSSR count). The van der Waals surface area contributed by atoms with E-state index in [-0.39, 0.29) is 11.7 Å². The van der Waals surface area contributed by atoms with Gasteiger partial charge in [0.1, 0.15) is 5.82 Å². The smallest absolute Gasteiger partial charge is 0.255 e. The van der Waals surface area contributed by atoms with Crippen molar-refractivity contribution >= 4 is 38.1 Å². The van der Waals surface area contributed by atoms with Crippen molar-refractivity contribution in [1.82, 2.24) is 9.38 Å². The molecule has 2 heterocycles. The van der Waals surface area contributed by atoms with Crippen LogP contribution in [0.2, 0.25) is 0 Å². The standard InChI is InChI=1S/C24H18FN3OS/c1-14-3-4-15(2)19(11-14)26-23(29)17-7-10-21-22(12-17)30-24-27-20(13-28(21)24)16-5-8-18(25)9-6-16/h3-13H,1-2H3,(H,26,29). The summed E-state index contributed by atoms with van der Waals surface area (Å²) in [6.45, 7) is 3.98. The fourth-order valence-electron chi connectivity index (χ4n) is 3.47. The van der Waals surface area contributed by atoms with E-state index in [0.717, 1.165) is 43.2 Å². The number of anilines is 1. The summed E-state index contributed by atoms with van der Waals surface area (Å²) in [7, 11) is 0. The van der Waals surface area contributed by atoms with Crippen LogP contribution in [-0.2, 0) is 0 Å². The van der Waals surface area contributed by atoms with E-state index in [1.54, 1.807) is 12.1 Å².